The molecule has 112 valence electrons. The monoisotopic (exact) mass is 296 g/mol. The standard InChI is InChI=1S/C17H16N2O3/c1-12(20)18-10-9-13-7-8-15(19(21)22)11-16(13)17(18)14-5-3-2-4-6-14/h2-8,11,17H,9-10H2,1H3. The second-order valence-electron chi connectivity index (χ2n) is 5.42. The molecule has 0 spiro atoms. The molecular formula is C17H16N2O3. The van der Waals surface area contributed by atoms with E-state index in [0.29, 0.717) is 6.54 Å². The number of hydrogen-bond donors (Lipinski definition) is 0. The van der Waals surface area contributed by atoms with Gasteiger partial charge in [0.15, 0.2) is 0 Å². The van der Waals surface area contributed by atoms with Crippen molar-refractivity contribution < 1.29 is 9.72 Å². The number of fused-ring (bicyclic) bond motifs is 1. The molecule has 1 aliphatic rings. The molecule has 0 radical (unpaired) electrons. The Morgan fingerprint density at radius 3 is 2.59 bits per heavy atom. The van der Waals surface area contributed by atoms with Crippen molar-refractivity contribution in [3.05, 3.63) is 75.3 Å². The number of carbonyl (C=O) groups excluding carboxylic acids is 1. The number of nitro benzene ring substituents is 1. The molecule has 5 heteroatoms. The molecule has 0 saturated carbocycles. The third-order valence-corrected chi connectivity index (χ3v) is 4.09. The molecule has 1 unspecified atom stereocenters. The van der Waals surface area contributed by atoms with E-state index in [4.69, 9.17) is 0 Å². The molecule has 0 N–H and O–H groups in total. The number of rotatable bonds is 2. The molecule has 2 aromatic carbocycles. The van der Waals surface area contributed by atoms with Crippen LogP contribution in [0.5, 0.6) is 0 Å². The lowest BCUT2D eigenvalue weighted by molar-refractivity contribution is -0.385. The van der Waals surface area contributed by atoms with Crippen LogP contribution in [0.4, 0.5) is 5.69 Å². The summed E-state index contributed by atoms with van der Waals surface area (Å²) in [7, 11) is 0. The minimum absolute atomic E-state index is 0.0222. The summed E-state index contributed by atoms with van der Waals surface area (Å²) in [6.45, 7) is 2.16. The number of hydrogen-bond acceptors (Lipinski definition) is 3. The number of amides is 1. The Hall–Kier alpha value is -2.69. The van der Waals surface area contributed by atoms with Crippen molar-refractivity contribution in [3.63, 3.8) is 0 Å². The van der Waals surface area contributed by atoms with Crippen LogP contribution < -0.4 is 0 Å². The Kier molecular flexibility index (Phi) is 3.63. The molecule has 0 saturated heterocycles. The van der Waals surface area contributed by atoms with Crippen LogP contribution in [0.2, 0.25) is 0 Å². The summed E-state index contributed by atoms with van der Waals surface area (Å²) < 4.78 is 0. The molecule has 0 aromatic heterocycles. The van der Waals surface area contributed by atoms with E-state index < -0.39 is 4.92 Å². The van der Waals surface area contributed by atoms with E-state index in [-0.39, 0.29) is 17.6 Å². The first kappa shape index (κ1) is 14.3. The van der Waals surface area contributed by atoms with E-state index in [9.17, 15) is 14.9 Å². The summed E-state index contributed by atoms with van der Waals surface area (Å²) in [6.07, 6.45) is 0.718. The minimum atomic E-state index is -0.394. The highest BCUT2D eigenvalue weighted by Gasteiger charge is 2.31. The number of carbonyl (C=O) groups is 1. The van der Waals surface area contributed by atoms with Crippen molar-refractivity contribution in [1.29, 1.82) is 0 Å². The van der Waals surface area contributed by atoms with Crippen molar-refractivity contribution in [2.45, 2.75) is 19.4 Å². The molecule has 1 atom stereocenters. The molecular weight excluding hydrogens is 280 g/mol. The SMILES string of the molecule is CC(=O)N1CCc2ccc([N+](=O)[O-])cc2C1c1ccccc1. The second-order valence-corrected chi connectivity index (χ2v) is 5.42. The summed E-state index contributed by atoms with van der Waals surface area (Å²) in [5.41, 5.74) is 2.95. The van der Waals surface area contributed by atoms with Crippen LogP contribution in [0.25, 0.3) is 0 Å². The zero-order valence-corrected chi connectivity index (χ0v) is 12.2. The van der Waals surface area contributed by atoms with Gasteiger partial charge < -0.3 is 4.90 Å². The van der Waals surface area contributed by atoms with E-state index >= 15 is 0 Å². The van der Waals surface area contributed by atoms with Crippen molar-refractivity contribution in [2.24, 2.45) is 0 Å². The Balaban J connectivity index is 2.16. The Morgan fingerprint density at radius 2 is 1.95 bits per heavy atom. The van der Waals surface area contributed by atoms with Gasteiger partial charge in [-0.2, -0.15) is 0 Å². The number of nitrogens with zero attached hydrogens (tertiary/aromatic N) is 2. The number of benzene rings is 2. The molecule has 0 aliphatic carbocycles. The first-order valence-electron chi connectivity index (χ1n) is 7.17. The van der Waals surface area contributed by atoms with Gasteiger partial charge in [-0.15, -0.1) is 0 Å². The Morgan fingerprint density at radius 1 is 1.23 bits per heavy atom. The van der Waals surface area contributed by atoms with Crippen molar-refractivity contribution in [2.75, 3.05) is 6.54 Å². The van der Waals surface area contributed by atoms with Gasteiger partial charge in [0.2, 0.25) is 5.91 Å². The highest BCUT2D eigenvalue weighted by molar-refractivity contribution is 5.75. The average molecular weight is 296 g/mol. The van der Waals surface area contributed by atoms with E-state index in [1.807, 2.05) is 30.3 Å². The molecule has 5 nitrogen and oxygen atoms in total. The summed E-state index contributed by atoms with van der Waals surface area (Å²) in [5, 5.41) is 11.1. The molecule has 3 rings (SSSR count). The Bertz CT molecular complexity index is 728. The third-order valence-electron chi connectivity index (χ3n) is 4.09. The van der Waals surface area contributed by atoms with Gasteiger partial charge in [0.25, 0.3) is 5.69 Å². The number of nitro groups is 1. The minimum Gasteiger partial charge on any atom is -0.331 e. The van der Waals surface area contributed by atoms with Gasteiger partial charge in [0, 0.05) is 25.6 Å². The normalized spacial score (nSPS) is 17.0. The fraction of sp³-hybridized carbons (Fsp3) is 0.235. The summed E-state index contributed by atoms with van der Waals surface area (Å²) in [6, 6.07) is 14.3. The highest BCUT2D eigenvalue weighted by Crippen LogP contribution is 2.36. The maximum atomic E-state index is 12.0. The number of non-ortho nitro benzene ring substituents is 1. The fourth-order valence-electron chi connectivity index (χ4n) is 3.05. The summed E-state index contributed by atoms with van der Waals surface area (Å²) in [5.74, 6) is -0.0222. The van der Waals surface area contributed by atoms with E-state index in [1.165, 1.54) is 13.0 Å². The Labute approximate surface area is 128 Å². The van der Waals surface area contributed by atoms with E-state index in [1.54, 1.807) is 17.0 Å². The van der Waals surface area contributed by atoms with Crippen LogP contribution in [0.1, 0.15) is 29.7 Å². The topological polar surface area (TPSA) is 63.5 Å². The average Bonchev–Trinajstić information content (AvgIpc) is 2.53. The largest absolute Gasteiger partial charge is 0.331 e. The van der Waals surface area contributed by atoms with Crippen LogP contribution >= 0.6 is 0 Å². The van der Waals surface area contributed by atoms with Gasteiger partial charge in [-0.25, -0.2) is 0 Å². The van der Waals surface area contributed by atoms with Gasteiger partial charge in [-0.3, -0.25) is 14.9 Å². The molecule has 1 heterocycles. The van der Waals surface area contributed by atoms with Gasteiger partial charge in [-0.05, 0) is 23.1 Å². The molecule has 1 amide bonds. The van der Waals surface area contributed by atoms with Gasteiger partial charge in [0.1, 0.15) is 0 Å². The first-order chi connectivity index (χ1) is 10.6. The van der Waals surface area contributed by atoms with Crippen LogP contribution in [0.3, 0.4) is 0 Å². The van der Waals surface area contributed by atoms with Crippen LogP contribution in [0.15, 0.2) is 48.5 Å². The second kappa shape index (κ2) is 5.60. The predicted octanol–water partition coefficient (Wildman–Crippen LogP) is 3.09. The fourth-order valence-corrected chi connectivity index (χ4v) is 3.05. The van der Waals surface area contributed by atoms with Gasteiger partial charge in [-0.1, -0.05) is 36.4 Å². The highest BCUT2D eigenvalue weighted by atomic mass is 16.6. The smallest absolute Gasteiger partial charge is 0.269 e. The molecule has 22 heavy (non-hydrogen) atoms. The van der Waals surface area contributed by atoms with Crippen molar-refractivity contribution >= 4 is 11.6 Å². The van der Waals surface area contributed by atoms with Gasteiger partial charge in [0.05, 0.1) is 11.0 Å². The predicted molar refractivity (Wildman–Crippen MR) is 82.5 cm³/mol. The first-order valence-corrected chi connectivity index (χ1v) is 7.17. The van der Waals surface area contributed by atoms with Crippen LogP contribution in [0, 0.1) is 10.1 Å². The zero-order valence-electron chi connectivity index (χ0n) is 12.2. The van der Waals surface area contributed by atoms with Crippen LogP contribution in [-0.2, 0) is 11.2 Å². The summed E-state index contributed by atoms with van der Waals surface area (Å²) in [4.78, 5) is 24.5. The van der Waals surface area contributed by atoms with Crippen LogP contribution in [-0.4, -0.2) is 22.3 Å². The lowest BCUT2D eigenvalue weighted by Gasteiger charge is -2.37. The molecule has 2 aromatic rings. The van der Waals surface area contributed by atoms with Crippen molar-refractivity contribution in [1.82, 2.24) is 4.90 Å². The van der Waals surface area contributed by atoms with E-state index in [0.717, 1.165) is 23.1 Å². The maximum absolute atomic E-state index is 12.0. The maximum Gasteiger partial charge on any atom is 0.269 e. The summed E-state index contributed by atoms with van der Waals surface area (Å²) >= 11 is 0. The quantitative estimate of drug-likeness (QED) is 0.632. The van der Waals surface area contributed by atoms with E-state index in [2.05, 4.69) is 0 Å². The lowest BCUT2D eigenvalue weighted by Crippen LogP contribution is -2.39. The zero-order chi connectivity index (χ0) is 15.7. The van der Waals surface area contributed by atoms with Crippen molar-refractivity contribution in [3.8, 4) is 0 Å². The molecule has 1 aliphatic heterocycles. The molecule has 0 bridgehead atoms. The van der Waals surface area contributed by atoms with Gasteiger partial charge >= 0.3 is 0 Å². The lowest BCUT2D eigenvalue weighted by atomic mass is 9.88. The molecule has 0 fully saturated rings. The third kappa shape index (κ3) is 2.45.